The van der Waals surface area contributed by atoms with Crippen molar-refractivity contribution < 1.29 is 4.42 Å². The Bertz CT molecular complexity index is 3700. The van der Waals surface area contributed by atoms with E-state index < -0.39 is 0 Å². The van der Waals surface area contributed by atoms with E-state index in [0.29, 0.717) is 33.1 Å². The third-order valence-electron chi connectivity index (χ3n) is 12.6. The maximum Gasteiger partial charge on any atom is 0.143 e. The highest BCUT2D eigenvalue weighted by molar-refractivity contribution is 6.76. The Morgan fingerprint density at radius 2 is 0.694 bits per heavy atom. The fourth-order valence-corrected chi connectivity index (χ4v) is 9.40. The van der Waals surface area contributed by atoms with E-state index in [-0.39, 0.29) is 136 Å². The summed E-state index contributed by atoms with van der Waals surface area (Å²) in [5.41, 5.74) is 2.68. The Balaban J connectivity index is 1.46. The molecule has 0 unspecified atom stereocenters. The topological polar surface area (TPSA) is 13.1 Å². The number of fused-ring (bicyclic) bond motifs is 10. The minimum absolute atomic E-state index is 0.00302. The van der Waals surface area contributed by atoms with Crippen LogP contribution in [0.1, 0.15) is 0 Å². The first kappa shape index (κ1) is 41.2. The summed E-state index contributed by atoms with van der Waals surface area (Å²) in [5, 5.41) is 5.54. The summed E-state index contributed by atoms with van der Waals surface area (Å²) in [4.78, 5) is 0. The molecule has 0 fully saturated rings. The van der Waals surface area contributed by atoms with Crippen molar-refractivity contribution >= 4 is 302 Å². The van der Waals surface area contributed by atoms with Crippen LogP contribution < -0.4 is 92.9 Å². The Morgan fingerprint density at radius 1 is 0.274 bits per heavy atom. The van der Waals surface area contributed by atoms with Gasteiger partial charge >= 0.3 is 0 Å². The van der Waals surface area contributed by atoms with Gasteiger partial charge in [0.25, 0.3) is 0 Å². The second kappa shape index (κ2) is 14.1. The number of rotatable bonds is 2. The average Bonchev–Trinajstić information content (AvgIpc) is 3.65. The van der Waals surface area contributed by atoms with Gasteiger partial charge in [0.15, 0.2) is 0 Å². The molecule has 0 bridgehead atoms. The predicted octanol–water partition coefficient (Wildman–Crippen LogP) is -7.82. The summed E-state index contributed by atoms with van der Waals surface area (Å²) < 4.78 is 6.46. The highest BCUT2D eigenvalue weighted by Crippen LogP contribution is 2.42. The molecule has 242 valence electrons. The Hall–Kier alpha value is -4.82. The van der Waals surface area contributed by atoms with Crippen molar-refractivity contribution in [2.75, 3.05) is 0 Å². The van der Waals surface area contributed by atoms with Gasteiger partial charge in [-0.3, -0.25) is 0 Å². The van der Waals surface area contributed by atoms with Crippen LogP contribution in [0, 0.1) is 0 Å². The second-order valence-electron chi connectivity index (χ2n) is 15.6. The number of hydrogen-bond acceptors (Lipinski definition) is 1. The van der Waals surface area contributed by atoms with Crippen LogP contribution in [0.5, 0.6) is 0 Å². The molecule has 0 aliphatic carbocycles. The molecule has 0 saturated carbocycles. The molecule has 0 saturated heterocycles. The van der Waals surface area contributed by atoms with E-state index in [9.17, 15) is 0 Å². The molecule has 1 aromatic heterocycles. The quantitative estimate of drug-likeness (QED) is 0.0979. The molecule has 1 heterocycles. The predicted molar refractivity (Wildman–Crippen MR) is 284 cm³/mol. The maximum absolute atomic E-state index is 7.26. The zero-order chi connectivity index (χ0) is 44.3. The van der Waals surface area contributed by atoms with Crippen molar-refractivity contribution in [1.82, 2.24) is 0 Å². The monoisotopic (exact) mass is 740 g/mol. The fourth-order valence-electron chi connectivity index (χ4n) is 9.40. The molecule has 0 aliphatic rings. The van der Waals surface area contributed by atoms with Crippen molar-refractivity contribution in [2.45, 2.75) is 0 Å². The first-order valence-electron chi connectivity index (χ1n) is 19.0. The molecule has 62 heavy (non-hydrogen) atoms. The molecule has 34 radical (unpaired) electrons. The Morgan fingerprint density at radius 3 is 1.23 bits per heavy atom. The zero-order valence-electron chi connectivity index (χ0n) is 32.9. The van der Waals surface area contributed by atoms with Gasteiger partial charge in [-0.2, -0.15) is 0 Å². The van der Waals surface area contributed by atoms with Crippen LogP contribution in [0.3, 0.4) is 0 Å². The van der Waals surface area contributed by atoms with Gasteiger partial charge in [-0.1, -0.05) is 96.5 Å². The van der Waals surface area contributed by atoms with Crippen molar-refractivity contribution in [3.05, 3.63) is 54.6 Å². The van der Waals surface area contributed by atoms with Crippen molar-refractivity contribution in [3.8, 4) is 22.3 Å². The minimum atomic E-state index is -0.0653. The van der Waals surface area contributed by atoms with Crippen molar-refractivity contribution in [2.24, 2.45) is 0 Å². The van der Waals surface area contributed by atoms with Gasteiger partial charge in [0.2, 0.25) is 0 Å². The molecular formula is C44H9B17O. The third kappa shape index (κ3) is 5.22. The lowest BCUT2D eigenvalue weighted by Crippen LogP contribution is -2.51. The molecule has 0 aliphatic heterocycles. The lowest BCUT2D eigenvalue weighted by molar-refractivity contribution is 0.672. The first-order chi connectivity index (χ1) is 29.4. The largest absolute Gasteiger partial charge is 0.455 e. The molecule has 18 heteroatoms. The van der Waals surface area contributed by atoms with Gasteiger partial charge in [-0.15, -0.1) is 32.8 Å². The molecular weight excluding hydrogens is 728 g/mol. The van der Waals surface area contributed by atoms with Gasteiger partial charge in [0, 0.05) is 16.2 Å². The highest BCUT2D eigenvalue weighted by atomic mass is 16.3. The lowest BCUT2D eigenvalue weighted by atomic mass is 9.56. The summed E-state index contributed by atoms with van der Waals surface area (Å²) in [6.45, 7) is 0. The molecule has 0 spiro atoms. The third-order valence-corrected chi connectivity index (χ3v) is 12.6. The van der Waals surface area contributed by atoms with Crippen LogP contribution in [-0.4, -0.2) is 133 Å². The maximum atomic E-state index is 7.26. The molecule has 1 nitrogen and oxygen atoms in total. The molecule has 9 aromatic carbocycles. The molecule has 10 aromatic rings. The van der Waals surface area contributed by atoms with Gasteiger partial charge in [-0.25, -0.2) is 0 Å². The van der Waals surface area contributed by atoms with Crippen molar-refractivity contribution in [1.29, 1.82) is 0 Å². The van der Waals surface area contributed by atoms with Gasteiger partial charge in [-0.05, 0) is 88.9 Å². The molecule has 10 rings (SSSR count). The van der Waals surface area contributed by atoms with Gasteiger partial charge in [0.1, 0.15) is 145 Å². The van der Waals surface area contributed by atoms with E-state index >= 15 is 0 Å². The fraction of sp³-hybridized carbons (Fsp3) is 0. The average molecular weight is 737 g/mol. The molecule has 0 amide bonds. The van der Waals surface area contributed by atoms with Crippen LogP contribution in [0.15, 0.2) is 59.0 Å². The minimum Gasteiger partial charge on any atom is -0.455 e. The summed E-state index contributed by atoms with van der Waals surface area (Å²) in [5.74, 6) is 0. The Labute approximate surface area is 381 Å². The second-order valence-corrected chi connectivity index (χ2v) is 15.6. The SMILES string of the molecule is [B]c1c([B])c([B])c2c(-c3c([B])c([B])c4c(c3[B])c([B])c([B])c3c([B])c([B])c([B])c([B])c34)c3c([B])c([B])c([B])c([B])c3c(-c3ccc4oc5c6ccccc6ccc5c4c3)c2c1[B]. The molecule has 0 atom stereocenters. The lowest BCUT2D eigenvalue weighted by Gasteiger charge is -2.31. The van der Waals surface area contributed by atoms with E-state index in [4.69, 9.17) is 138 Å². The number of furan rings is 1. The van der Waals surface area contributed by atoms with E-state index in [1.807, 2.05) is 54.6 Å². The van der Waals surface area contributed by atoms with Crippen LogP contribution >= 0.6 is 0 Å². The van der Waals surface area contributed by atoms with E-state index in [0.717, 1.165) is 21.5 Å². The van der Waals surface area contributed by atoms with Crippen LogP contribution in [0.4, 0.5) is 0 Å². The van der Waals surface area contributed by atoms with Crippen LogP contribution in [0.2, 0.25) is 0 Å². The van der Waals surface area contributed by atoms with E-state index in [2.05, 4.69) is 0 Å². The van der Waals surface area contributed by atoms with E-state index in [1.54, 1.807) is 0 Å². The first-order valence-corrected chi connectivity index (χ1v) is 19.0. The normalized spacial score (nSPS) is 12.0. The van der Waals surface area contributed by atoms with Crippen LogP contribution in [-0.2, 0) is 0 Å². The number of hydrogen-bond donors (Lipinski definition) is 0. The summed E-state index contributed by atoms with van der Waals surface area (Å²) in [6, 6.07) is 17.6. The standard InChI is InChI=1S/C44H9B17O/c45-27-24(34(52)28(46)22-23-26(36(54)35(53)25(22)27)37(55)43(61)42(60)33(23)51)17-20-18(29(47)38(56)40(58)31(20)49)16(19-21(17)32(50)41(59)39(57)30(19)48)11-6-8-15-14(9-11)13-7-5-10-3-1-2-4-12(10)44(13)62-15/h1-9H. The van der Waals surface area contributed by atoms with Crippen LogP contribution in [0.25, 0.3) is 98.1 Å². The van der Waals surface area contributed by atoms with Crippen molar-refractivity contribution in [3.63, 3.8) is 0 Å². The van der Waals surface area contributed by atoms with Gasteiger partial charge < -0.3 is 4.42 Å². The Kier molecular flexibility index (Phi) is 9.37. The van der Waals surface area contributed by atoms with E-state index in [1.165, 1.54) is 0 Å². The summed E-state index contributed by atoms with van der Waals surface area (Å²) >= 11 is 0. The highest BCUT2D eigenvalue weighted by Gasteiger charge is 2.28. The number of benzene rings is 9. The zero-order valence-corrected chi connectivity index (χ0v) is 32.9. The summed E-state index contributed by atoms with van der Waals surface area (Å²) in [6.07, 6.45) is 0. The van der Waals surface area contributed by atoms with Gasteiger partial charge in [0.05, 0.1) is 0 Å². The summed E-state index contributed by atoms with van der Waals surface area (Å²) in [7, 11) is 116. The molecule has 0 N–H and O–H groups in total. The smallest absolute Gasteiger partial charge is 0.143 e.